The van der Waals surface area contributed by atoms with Crippen molar-refractivity contribution in [1.82, 2.24) is 9.55 Å². The molecule has 1 atom stereocenters. The van der Waals surface area contributed by atoms with Crippen molar-refractivity contribution in [1.29, 1.82) is 0 Å². The van der Waals surface area contributed by atoms with Crippen molar-refractivity contribution in [2.24, 2.45) is 7.05 Å². The van der Waals surface area contributed by atoms with Gasteiger partial charge in [-0.15, -0.1) is 0 Å². The highest BCUT2D eigenvalue weighted by molar-refractivity contribution is 5.16. The van der Waals surface area contributed by atoms with E-state index in [1.807, 2.05) is 17.8 Å². The summed E-state index contributed by atoms with van der Waals surface area (Å²) < 4.78 is 14.7. The van der Waals surface area contributed by atoms with Gasteiger partial charge < -0.3 is 9.67 Å². The third kappa shape index (κ3) is 3.40. The lowest BCUT2D eigenvalue weighted by Crippen LogP contribution is -2.13. The Kier molecular flexibility index (Phi) is 4.10. The van der Waals surface area contributed by atoms with E-state index in [9.17, 15) is 9.50 Å². The van der Waals surface area contributed by atoms with Crippen LogP contribution in [0.15, 0.2) is 36.7 Å². The molecule has 0 aliphatic heterocycles. The van der Waals surface area contributed by atoms with Crippen molar-refractivity contribution in [2.75, 3.05) is 0 Å². The number of aryl methyl sites for hydroxylation is 2. The van der Waals surface area contributed by atoms with Gasteiger partial charge in [0.25, 0.3) is 0 Å². The van der Waals surface area contributed by atoms with E-state index in [0.29, 0.717) is 12.8 Å². The summed E-state index contributed by atoms with van der Waals surface area (Å²) in [4.78, 5) is 4.21. The quantitative estimate of drug-likeness (QED) is 0.880. The molecule has 0 spiro atoms. The van der Waals surface area contributed by atoms with E-state index >= 15 is 0 Å². The van der Waals surface area contributed by atoms with E-state index in [0.717, 1.165) is 17.8 Å². The molecule has 96 valence electrons. The van der Waals surface area contributed by atoms with Gasteiger partial charge >= 0.3 is 0 Å². The summed E-state index contributed by atoms with van der Waals surface area (Å²) in [5, 5.41) is 9.93. The summed E-state index contributed by atoms with van der Waals surface area (Å²) >= 11 is 0. The van der Waals surface area contributed by atoms with Crippen LogP contribution in [0, 0.1) is 5.82 Å². The van der Waals surface area contributed by atoms with E-state index < -0.39 is 6.10 Å². The second kappa shape index (κ2) is 5.78. The van der Waals surface area contributed by atoms with Gasteiger partial charge in [-0.05, 0) is 30.5 Å². The van der Waals surface area contributed by atoms with E-state index in [-0.39, 0.29) is 5.82 Å². The summed E-state index contributed by atoms with van der Waals surface area (Å²) in [5.41, 5.74) is 0.948. The van der Waals surface area contributed by atoms with Crippen molar-refractivity contribution in [2.45, 2.75) is 25.4 Å². The summed E-state index contributed by atoms with van der Waals surface area (Å²) in [7, 11) is 1.94. The molecule has 2 aromatic rings. The minimum atomic E-state index is -0.424. The fourth-order valence-electron chi connectivity index (χ4n) is 1.93. The lowest BCUT2D eigenvalue weighted by Gasteiger charge is -2.10. The number of hydrogen-bond donors (Lipinski definition) is 1. The predicted molar refractivity (Wildman–Crippen MR) is 67.6 cm³/mol. The molecule has 1 N–H and O–H groups in total. The molecule has 1 heterocycles. The number of nitrogens with zero attached hydrogens (tertiary/aromatic N) is 2. The van der Waals surface area contributed by atoms with Gasteiger partial charge in [-0.1, -0.05) is 12.1 Å². The summed E-state index contributed by atoms with van der Waals surface area (Å²) in [6, 6.07) is 6.25. The van der Waals surface area contributed by atoms with Gasteiger partial charge in [0, 0.05) is 25.9 Å². The lowest BCUT2D eigenvalue weighted by atomic mass is 10.0. The topological polar surface area (TPSA) is 38.0 Å². The second-order valence-corrected chi connectivity index (χ2v) is 4.48. The van der Waals surface area contributed by atoms with Crippen molar-refractivity contribution in [3.8, 4) is 0 Å². The van der Waals surface area contributed by atoms with Crippen LogP contribution >= 0.6 is 0 Å². The second-order valence-electron chi connectivity index (χ2n) is 4.48. The van der Waals surface area contributed by atoms with Crippen LogP contribution in [0.5, 0.6) is 0 Å². The van der Waals surface area contributed by atoms with Crippen molar-refractivity contribution in [3.63, 3.8) is 0 Å². The summed E-state index contributed by atoms with van der Waals surface area (Å²) in [6.45, 7) is 0. The first-order valence-corrected chi connectivity index (χ1v) is 6.04. The van der Waals surface area contributed by atoms with E-state index in [1.54, 1.807) is 18.3 Å². The van der Waals surface area contributed by atoms with Crippen LogP contribution in [-0.2, 0) is 19.9 Å². The Bertz CT molecular complexity index is 493. The lowest BCUT2D eigenvalue weighted by molar-refractivity contribution is 0.164. The third-order valence-corrected chi connectivity index (χ3v) is 3.01. The fraction of sp³-hybridized carbons (Fsp3) is 0.357. The van der Waals surface area contributed by atoms with Gasteiger partial charge in [0.05, 0.1) is 6.10 Å². The zero-order valence-electron chi connectivity index (χ0n) is 10.4. The average molecular weight is 248 g/mol. The largest absolute Gasteiger partial charge is 0.393 e. The summed E-state index contributed by atoms with van der Waals surface area (Å²) in [5.74, 6) is 0.717. The Morgan fingerprint density at radius 1 is 1.33 bits per heavy atom. The van der Waals surface area contributed by atoms with Crippen LogP contribution in [0.2, 0.25) is 0 Å². The highest BCUT2D eigenvalue weighted by Gasteiger charge is 2.08. The SMILES string of the molecule is Cn1ccnc1CCC(O)Cc1ccc(F)cc1. The molecular formula is C14H17FN2O. The molecule has 4 heteroatoms. The first-order chi connectivity index (χ1) is 8.65. The standard InChI is InChI=1S/C14H17FN2O/c1-17-9-8-16-14(17)7-6-13(18)10-11-2-4-12(15)5-3-11/h2-5,8-9,13,18H,6-7,10H2,1H3. The van der Waals surface area contributed by atoms with E-state index in [4.69, 9.17) is 0 Å². The zero-order valence-corrected chi connectivity index (χ0v) is 10.4. The predicted octanol–water partition coefficient (Wildman–Crippen LogP) is 2.10. The maximum absolute atomic E-state index is 12.7. The number of hydrogen-bond acceptors (Lipinski definition) is 2. The Morgan fingerprint density at radius 3 is 2.67 bits per heavy atom. The van der Waals surface area contributed by atoms with Crippen LogP contribution in [0.4, 0.5) is 4.39 Å². The Hall–Kier alpha value is -1.68. The monoisotopic (exact) mass is 248 g/mol. The number of halogens is 1. The number of aromatic nitrogens is 2. The Morgan fingerprint density at radius 2 is 2.06 bits per heavy atom. The van der Waals surface area contributed by atoms with E-state index in [2.05, 4.69) is 4.98 Å². The highest BCUT2D eigenvalue weighted by atomic mass is 19.1. The first kappa shape index (κ1) is 12.8. The third-order valence-electron chi connectivity index (χ3n) is 3.01. The molecule has 1 aromatic heterocycles. The summed E-state index contributed by atoms with van der Waals surface area (Å²) in [6.07, 6.45) is 5.16. The molecule has 0 aliphatic rings. The smallest absolute Gasteiger partial charge is 0.123 e. The van der Waals surface area contributed by atoms with Crippen LogP contribution in [-0.4, -0.2) is 20.8 Å². The fourth-order valence-corrected chi connectivity index (χ4v) is 1.93. The molecule has 0 aliphatic carbocycles. The molecule has 0 radical (unpaired) electrons. The number of benzene rings is 1. The molecule has 3 nitrogen and oxygen atoms in total. The van der Waals surface area contributed by atoms with Crippen LogP contribution in [0.25, 0.3) is 0 Å². The van der Waals surface area contributed by atoms with Gasteiger partial charge in [0.1, 0.15) is 11.6 Å². The van der Waals surface area contributed by atoms with E-state index in [1.165, 1.54) is 12.1 Å². The van der Waals surface area contributed by atoms with Gasteiger partial charge in [-0.25, -0.2) is 9.37 Å². The normalized spacial score (nSPS) is 12.6. The van der Waals surface area contributed by atoms with Crippen molar-refractivity contribution in [3.05, 3.63) is 53.9 Å². The molecule has 0 saturated heterocycles. The minimum absolute atomic E-state index is 0.249. The number of aliphatic hydroxyl groups is 1. The van der Waals surface area contributed by atoms with Crippen LogP contribution < -0.4 is 0 Å². The molecule has 1 unspecified atom stereocenters. The van der Waals surface area contributed by atoms with Gasteiger partial charge in [0.2, 0.25) is 0 Å². The molecule has 0 bridgehead atoms. The maximum Gasteiger partial charge on any atom is 0.123 e. The molecule has 0 amide bonds. The highest BCUT2D eigenvalue weighted by Crippen LogP contribution is 2.10. The van der Waals surface area contributed by atoms with Crippen molar-refractivity contribution < 1.29 is 9.50 Å². The van der Waals surface area contributed by atoms with Crippen LogP contribution in [0.1, 0.15) is 17.8 Å². The van der Waals surface area contributed by atoms with Crippen LogP contribution in [0.3, 0.4) is 0 Å². The Labute approximate surface area is 106 Å². The average Bonchev–Trinajstić information content (AvgIpc) is 2.75. The molecule has 1 aromatic carbocycles. The van der Waals surface area contributed by atoms with Gasteiger partial charge in [-0.2, -0.15) is 0 Å². The molecule has 0 fully saturated rings. The molecular weight excluding hydrogens is 231 g/mol. The first-order valence-electron chi connectivity index (χ1n) is 6.04. The molecule has 18 heavy (non-hydrogen) atoms. The van der Waals surface area contributed by atoms with Gasteiger partial charge in [0.15, 0.2) is 0 Å². The maximum atomic E-state index is 12.7. The molecule has 2 rings (SSSR count). The zero-order chi connectivity index (χ0) is 13.0. The molecule has 0 saturated carbocycles. The van der Waals surface area contributed by atoms with Gasteiger partial charge in [-0.3, -0.25) is 0 Å². The minimum Gasteiger partial charge on any atom is -0.393 e. The number of rotatable bonds is 5. The number of imidazole rings is 1. The number of aliphatic hydroxyl groups excluding tert-OH is 1. The van der Waals surface area contributed by atoms with Crippen molar-refractivity contribution >= 4 is 0 Å². The Balaban J connectivity index is 1.83.